The number of rotatable bonds is 7. The van der Waals surface area contributed by atoms with Gasteiger partial charge in [0.25, 0.3) is 0 Å². The average Bonchev–Trinajstić information content (AvgIpc) is 2.61. The smallest absolute Gasteiger partial charge is 0.408 e. The number of esters is 1. The Kier molecular flexibility index (Phi) is 7.54. The number of ether oxygens (including phenoxy) is 2. The van der Waals surface area contributed by atoms with Gasteiger partial charge in [-0.25, -0.2) is 9.59 Å². The Morgan fingerprint density at radius 3 is 2.08 bits per heavy atom. The van der Waals surface area contributed by atoms with Crippen LogP contribution in [0.25, 0.3) is 0 Å². The standard InChI is InChI=1S/C18H18INO4/c19-13-24-18(22)20-16(11-14-7-3-1-4-8-14)17(21)23-12-15-9-5-2-6-10-15/h1-10,16H,11-13H2,(H,20,22)/t16-/m0/s1. The van der Waals surface area contributed by atoms with Crippen molar-refractivity contribution in [1.29, 1.82) is 0 Å². The quantitative estimate of drug-likeness (QED) is 0.408. The van der Waals surface area contributed by atoms with Crippen LogP contribution < -0.4 is 5.32 Å². The molecule has 1 N–H and O–H groups in total. The molecule has 2 rings (SSSR count). The Hall–Kier alpha value is -2.09. The minimum atomic E-state index is -0.799. The maximum absolute atomic E-state index is 12.4. The van der Waals surface area contributed by atoms with E-state index in [1.165, 1.54) is 0 Å². The molecule has 0 bridgehead atoms. The number of alkyl halides is 1. The molecule has 0 aliphatic rings. The SMILES string of the molecule is O=C(N[C@@H](Cc1ccccc1)C(=O)OCc1ccccc1)OCI. The van der Waals surface area contributed by atoms with Crippen LogP contribution in [0.3, 0.4) is 0 Å². The van der Waals surface area contributed by atoms with Crippen molar-refractivity contribution in [3.05, 3.63) is 71.8 Å². The molecular weight excluding hydrogens is 421 g/mol. The molecule has 5 nitrogen and oxygen atoms in total. The number of nitrogens with one attached hydrogen (secondary N) is 1. The van der Waals surface area contributed by atoms with Crippen LogP contribution in [-0.4, -0.2) is 22.7 Å². The van der Waals surface area contributed by atoms with Gasteiger partial charge in [0.15, 0.2) is 0 Å². The van der Waals surface area contributed by atoms with Crippen LogP contribution >= 0.6 is 22.6 Å². The lowest BCUT2D eigenvalue weighted by molar-refractivity contribution is -0.147. The molecule has 0 unspecified atom stereocenters. The van der Waals surface area contributed by atoms with E-state index in [2.05, 4.69) is 5.32 Å². The first-order chi connectivity index (χ1) is 11.7. The second kappa shape index (κ2) is 9.92. The summed E-state index contributed by atoms with van der Waals surface area (Å²) in [6.45, 7) is 0.161. The van der Waals surface area contributed by atoms with Gasteiger partial charge >= 0.3 is 12.1 Å². The van der Waals surface area contributed by atoms with Crippen LogP contribution in [-0.2, 0) is 27.3 Å². The summed E-state index contributed by atoms with van der Waals surface area (Å²) in [4.78, 5) is 24.0. The minimum absolute atomic E-state index is 0.161. The van der Waals surface area contributed by atoms with E-state index in [1.807, 2.05) is 83.3 Å². The van der Waals surface area contributed by atoms with E-state index >= 15 is 0 Å². The predicted molar refractivity (Wildman–Crippen MR) is 98.7 cm³/mol. The summed E-state index contributed by atoms with van der Waals surface area (Å²) < 4.78 is 10.4. The first-order valence-electron chi connectivity index (χ1n) is 7.43. The third-order valence-corrected chi connectivity index (χ3v) is 3.58. The number of alkyl carbamates (subject to hydrolysis) is 1. The van der Waals surface area contributed by atoms with Gasteiger partial charge in [0, 0.05) is 6.42 Å². The number of hydrogen-bond donors (Lipinski definition) is 1. The Bertz CT molecular complexity index is 649. The van der Waals surface area contributed by atoms with E-state index < -0.39 is 18.1 Å². The molecule has 0 aromatic heterocycles. The molecule has 2 aromatic rings. The molecule has 126 valence electrons. The van der Waals surface area contributed by atoms with Crippen LogP contribution in [0.2, 0.25) is 0 Å². The highest BCUT2D eigenvalue weighted by Crippen LogP contribution is 2.07. The lowest BCUT2D eigenvalue weighted by atomic mass is 10.1. The Morgan fingerprint density at radius 2 is 1.50 bits per heavy atom. The highest BCUT2D eigenvalue weighted by Gasteiger charge is 2.23. The maximum Gasteiger partial charge on any atom is 0.408 e. The third-order valence-electron chi connectivity index (χ3n) is 3.27. The molecule has 0 saturated carbocycles. The van der Waals surface area contributed by atoms with Crippen molar-refractivity contribution in [2.75, 3.05) is 4.61 Å². The second-order valence-electron chi connectivity index (χ2n) is 5.02. The molecule has 1 atom stereocenters. The topological polar surface area (TPSA) is 64.6 Å². The van der Waals surface area contributed by atoms with E-state index in [1.54, 1.807) is 0 Å². The molecule has 6 heteroatoms. The summed E-state index contributed by atoms with van der Waals surface area (Å²) in [6, 6.07) is 18.0. The van der Waals surface area contributed by atoms with Gasteiger partial charge in [-0.2, -0.15) is 0 Å². The summed E-state index contributed by atoms with van der Waals surface area (Å²) in [5, 5.41) is 2.56. The van der Waals surface area contributed by atoms with Crippen LogP contribution in [0.1, 0.15) is 11.1 Å². The number of carbonyl (C=O) groups is 2. The summed E-state index contributed by atoms with van der Waals surface area (Å²) in [5.41, 5.74) is 1.81. The molecule has 0 radical (unpaired) electrons. The summed E-state index contributed by atoms with van der Waals surface area (Å²) in [7, 11) is 0. The van der Waals surface area contributed by atoms with Gasteiger partial charge in [0.1, 0.15) is 17.3 Å². The highest BCUT2D eigenvalue weighted by molar-refractivity contribution is 14.1. The van der Waals surface area contributed by atoms with Gasteiger partial charge < -0.3 is 14.8 Å². The first-order valence-corrected chi connectivity index (χ1v) is 8.95. The van der Waals surface area contributed by atoms with Crippen LogP contribution in [0.4, 0.5) is 4.79 Å². The van der Waals surface area contributed by atoms with Crippen molar-refractivity contribution in [3.63, 3.8) is 0 Å². The molecule has 1 amide bonds. The normalized spacial score (nSPS) is 11.4. The van der Waals surface area contributed by atoms with Crippen molar-refractivity contribution in [2.45, 2.75) is 19.1 Å². The molecular formula is C18H18INO4. The number of hydrogen-bond acceptors (Lipinski definition) is 4. The van der Waals surface area contributed by atoms with Crippen molar-refractivity contribution in [3.8, 4) is 0 Å². The highest BCUT2D eigenvalue weighted by atomic mass is 127. The summed E-state index contributed by atoms with van der Waals surface area (Å²) in [6.07, 6.45) is -0.299. The molecule has 0 aliphatic carbocycles. The van der Waals surface area contributed by atoms with Gasteiger partial charge in [-0.05, 0) is 33.7 Å². The number of amides is 1. The molecule has 0 aliphatic heterocycles. The van der Waals surface area contributed by atoms with Gasteiger partial charge in [0.05, 0.1) is 0 Å². The zero-order chi connectivity index (χ0) is 17.2. The average molecular weight is 439 g/mol. The Morgan fingerprint density at radius 1 is 0.917 bits per heavy atom. The molecule has 0 fully saturated rings. The zero-order valence-corrected chi connectivity index (χ0v) is 15.1. The fourth-order valence-corrected chi connectivity index (χ4v) is 2.39. The van der Waals surface area contributed by atoms with E-state index in [0.717, 1.165) is 11.1 Å². The molecule has 0 heterocycles. The van der Waals surface area contributed by atoms with Gasteiger partial charge in [-0.1, -0.05) is 60.7 Å². The molecule has 0 saturated heterocycles. The van der Waals surface area contributed by atoms with Crippen molar-refractivity contribution < 1.29 is 19.1 Å². The minimum Gasteiger partial charge on any atom is -0.459 e. The van der Waals surface area contributed by atoms with Crippen molar-refractivity contribution in [2.24, 2.45) is 0 Å². The van der Waals surface area contributed by atoms with Crippen LogP contribution in [0, 0.1) is 0 Å². The van der Waals surface area contributed by atoms with E-state index in [4.69, 9.17) is 9.47 Å². The number of halogens is 1. The van der Waals surface area contributed by atoms with Gasteiger partial charge in [-0.3, -0.25) is 0 Å². The van der Waals surface area contributed by atoms with E-state index in [0.29, 0.717) is 6.42 Å². The van der Waals surface area contributed by atoms with Crippen LogP contribution in [0.5, 0.6) is 0 Å². The van der Waals surface area contributed by atoms with E-state index in [-0.39, 0.29) is 11.2 Å². The Labute approximate surface area is 154 Å². The number of carbonyl (C=O) groups excluding carboxylic acids is 2. The lowest BCUT2D eigenvalue weighted by Crippen LogP contribution is -2.43. The van der Waals surface area contributed by atoms with Gasteiger partial charge in [-0.15, -0.1) is 0 Å². The molecule has 2 aromatic carbocycles. The zero-order valence-electron chi connectivity index (χ0n) is 13.0. The van der Waals surface area contributed by atoms with E-state index in [9.17, 15) is 9.59 Å². The molecule has 0 spiro atoms. The predicted octanol–water partition coefficient (Wildman–Crippen LogP) is 3.46. The maximum atomic E-state index is 12.4. The fourth-order valence-electron chi connectivity index (χ4n) is 2.11. The van der Waals surface area contributed by atoms with Gasteiger partial charge in [0.2, 0.25) is 0 Å². The van der Waals surface area contributed by atoms with Crippen molar-refractivity contribution >= 4 is 34.7 Å². The van der Waals surface area contributed by atoms with Crippen LogP contribution in [0.15, 0.2) is 60.7 Å². The third kappa shape index (κ3) is 6.19. The summed E-state index contributed by atoms with van der Waals surface area (Å²) >= 11 is 1.92. The first kappa shape index (κ1) is 18.3. The number of benzene rings is 2. The lowest BCUT2D eigenvalue weighted by Gasteiger charge is -2.17. The Balaban J connectivity index is 2.00. The fraction of sp³-hybridized carbons (Fsp3) is 0.222. The molecule has 24 heavy (non-hydrogen) atoms. The monoisotopic (exact) mass is 439 g/mol. The second-order valence-corrected chi connectivity index (χ2v) is 5.64. The van der Waals surface area contributed by atoms with Crippen molar-refractivity contribution in [1.82, 2.24) is 5.32 Å². The summed E-state index contributed by atoms with van der Waals surface area (Å²) in [5.74, 6) is -0.492. The largest absolute Gasteiger partial charge is 0.459 e.